The molecule has 134 valence electrons. The van der Waals surface area contributed by atoms with Crippen LogP contribution in [0.2, 0.25) is 0 Å². The van der Waals surface area contributed by atoms with Crippen molar-refractivity contribution >= 4 is 5.91 Å². The maximum absolute atomic E-state index is 13.3. The molecule has 3 aromatic rings. The van der Waals surface area contributed by atoms with Crippen molar-refractivity contribution in [3.05, 3.63) is 65.7 Å². The number of hydrogen-bond acceptors (Lipinski definition) is 3. The Kier molecular flexibility index (Phi) is 4.32. The van der Waals surface area contributed by atoms with Gasteiger partial charge < -0.3 is 4.90 Å². The first-order valence-electron chi connectivity index (χ1n) is 9.04. The highest BCUT2D eigenvalue weighted by Crippen LogP contribution is 2.24. The van der Waals surface area contributed by atoms with Gasteiger partial charge in [0.05, 0.1) is 29.5 Å². The summed E-state index contributed by atoms with van der Waals surface area (Å²) >= 11 is 0. The maximum Gasteiger partial charge on any atom is 0.256 e. The van der Waals surface area contributed by atoms with Crippen molar-refractivity contribution < 1.29 is 4.79 Å². The van der Waals surface area contributed by atoms with Gasteiger partial charge in [-0.05, 0) is 51.0 Å². The maximum atomic E-state index is 13.3. The number of hydrogen-bond donors (Lipinski definition) is 0. The van der Waals surface area contributed by atoms with E-state index in [1.165, 1.54) is 0 Å². The van der Waals surface area contributed by atoms with Gasteiger partial charge >= 0.3 is 0 Å². The SMILES string of the molecule is Cc1cc(C)n(CC2CCCN2C(=O)c2ccccc2-n2cccn2)n1. The largest absolute Gasteiger partial charge is 0.334 e. The van der Waals surface area contributed by atoms with Crippen molar-refractivity contribution in [1.82, 2.24) is 24.5 Å². The van der Waals surface area contributed by atoms with Crippen LogP contribution < -0.4 is 0 Å². The first kappa shape index (κ1) is 16.6. The van der Waals surface area contributed by atoms with Crippen LogP contribution in [0.4, 0.5) is 0 Å². The Morgan fingerprint density at radius 3 is 2.81 bits per heavy atom. The zero-order valence-corrected chi connectivity index (χ0v) is 15.2. The molecular weight excluding hydrogens is 326 g/mol. The molecule has 0 spiro atoms. The van der Waals surface area contributed by atoms with Gasteiger partial charge in [0, 0.05) is 24.6 Å². The number of amides is 1. The number of nitrogens with zero attached hydrogens (tertiary/aromatic N) is 5. The second kappa shape index (κ2) is 6.78. The highest BCUT2D eigenvalue weighted by atomic mass is 16.2. The molecule has 0 N–H and O–H groups in total. The van der Waals surface area contributed by atoms with Crippen molar-refractivity contribution in [2.45, 2.75) is 39.3 Å². The molecule has 6 nitrogen and oxygen atoms in total. The van der Waals surface area contributed by atoms with Crippen LogP contribution in [0.25, 0.3) is 5.69 Å². The average molecular weight is 349 g/mol. The zero-order chi connectivity index (χ0) is 18.1. The molecular formula is C20H23N5O. The lowest BCUT2D eigenvalue weighted by molar-refractivity contribution is 0.0721. The molecule has 6 heteroatoms. The second-order valence-corrected chi connectivity index (χ2v) is 6.87. The van der Waals surface area contributed by atoms with Crippen LogP contribution in [0.15, 0.2) is 48.8 Å². The van der Waals surface area contributed by atoms with E-state index in [-0.39, 0.29) is 11.9 Å². The summed E-state index contributed by atoms with van der Waals surface area (Å²) in [5, 5.41) is 8.85. The first-order chi connectivity index (χ1) is 12.6. The van der Waals surface area contributed by atoms with Crippen LogP contribution in [-0.2, 0) is 6.54 Å². The molecule has 0 bridgehead atoms. The van der Waals surface area contributed by atoms with Gasteiger partial charge in [0.1, 0.15) is 0 Å². The van der Waals surface area contributed by atoms with E-state index >= 15 is 0 Å². The van der Waals surface area contributed by atoms with Gasteiger partial charge in [0.2, 0.25) is 0 Å². The van der Waals surface area contributed by atoms with Gasteiger partial charge in [-0.3, -0.25) is 9.48 Å². The smallest absolute Gasteiger partial charge is 0.256 e. The van der Waals surface area contributed by atoms with Crippen LogP contribution in [-0.4, -0.2) is 43.0 Å². The molecule has 0 saturated carbocycles. The monoisotopic (exact) mass is 349 g/mol. The van der Waals surface area contributed by atoms with Crippen molar-refractivity contribution in [2.24, 2.45) is 0 Å². The fraction of sp³-hybridized carbons (Fsp3) is 0.350. The Balaban J connectivity index is 1.61. The highest BCUT2D eigenvalue weighted by Gasteiger charge is 2.31. The molecule has 26 heavy (non-hydrogen) atoms. The number of para-hydroxylation sites is 1. The van der Waals surface area contributed by atoms with Crippen LogP contribution in [0.3, 0.4) is 0 Å². The molecule has 1 aromatic carbocycles. The van der Waals surface area contributed by atoms with Gasteiger partial charge in [-0.1, -0.05) is 12.1 Å². The number of aryl methyl sites for hydroxylation is 2. The quantitative estimate of drug-likeness (QED) is 0.728. The van der Waals surface area contributed by atoms with Crippen molar-refractivity contribution in [1.29, 1.82) is 0 Å². The Bertz CT molecular complexity index is 912. The molecule has 1 aliphatic heterocycles. The minimum absolute atomic E-state index is 0.0696. The van der Waals surface area contributed by atoms with Gasteiger partial charge in [0.25, 0.3) is 5.91 Å². The van der Waals surface area contributed by atoms with E-state index in [0.717, 1.165) is 43.0 Å². The van der Waals surface area contributed by atoms with Crippen LogP contribution in [0.5, 0.6) is 0 Å². The third-order valence-electron chi connectivity index (χ3n) is 5.01. The van der Waals surface area contributed by atoms with Gasteiger partial charge in [0.15, 0.2) is 0 Å². The van der Waals surface area contributed by atoms with Crippen molar-refractivity contribution in [3.8, 4) is 5.69 Å². The predicted octanol–water partition coefficient (Wildman–Crippen LogP) is 2.99. The third kappa shape index (κ3) is 3.03. The number of carbonyl (C=O) groups excluding carboxylic acids is 1. The Morgan fingerprint density at radius 2 is 2.08 bits per heavy atom. The number of rotatable bonds is 4. The van der Waals surface area contributed by atoms with E-state index < -0.39 is 0 Å². The fourth-order valence-electron chi connectivity index (χ4n) is 3.77. The molecule has 1 amide bonds. The Labute approximate surface area is 153 Å². The zero-order valence-electron chi connectivity index (χ0n) is 15.2. The average Bonchev–Trinajstić information content (AvgIpc) is 3.37. The highest BCUT2D eigenvalue weighted by molar-refractivity contribution is 5.98. The molecule has 1 unspecified atom stereocenters. The summed E-state index contributed by atoms with van der Waals surface area (Å²) in [4.78, 5) is 15.3. The van der Waals surface area contributed by atoms with Gasteiger partial charge in [-0.15, -0.1) is 0 Å². The standard InChI is InChI=1S/C20H23N5O/c1-15-13-16(2)25(22-15)14-17-7-5-11-23(17)20(26)18-8-3-4-9-19(18)24-12-6-10-21-24/h3-4,6,8-10,12-13,17H,5,7,11,14H2,1-2H3. The molecule has 3 heterocycles. The van der Waals surface area contributed by atoms with E-state index in [0.29, 0.717) is 5.56 Å². The van der Waals surface area contributed by atoms with Crippen LogP contribution in [0, 0.1) is 13.8 Å². The minimum atomic E-state index is 0.0696. The lowest BCUT2D eigenvalue weighted by Crippen LogP contribution is -2.39. The van der Waals surface area contributed by atoms with E-state index in [1.54, 1.807) is 10.9 Å². The second-order valence-electron chi connectivity index (χ2n) is 6.87. The number of likely N-dealkylation sites (tertiary alicyclic amines) is 1. The Hall–Kier alpha value is -2.89. The molecule has 1 fully saturated rings. The van der Waals surface area contributed by atoms with E-state index in [9.17, 15) is 4.79 Å². The molecule has 0 radical (unpaired) electrons. The summed E-state index contributed by atoms with van der Waals surface area (Å²) in [5.41, 5.74) is 3.66. The molecule has 1 saturated heterocycles. The number of aromatic nitrogens is 4. The van der Waals surface area contributed by atoms with E-state index in [2.05, 4.69) is 23.2 Å². The third-order valence-corrected chi connectivity index (χ3v) is 5.01. The van der Waals surface area contributed by atoms with E-state index in [1.807, 2.05) is 53.0 Å². The molecule has 0 aliphatic carbocycles. The van der Waals surface area contributed by atoms with E-state index in [4.69, 9.17) is 0 Å². The molecule has 1 atom stereocenters. The molecule has 4 rings (SSSR count). The summed E-state index contributed by atoms with van der Waals surface area (Å²) in [6, 6.07) is 11.8. The summed E-state index contributed by atoms with van der Waals surface area (Å²) in [6.45, 7) is 5.60. The summed E-state index contributed by atoms with van der Waals surface area (Å²) in [5.74, 6) is 0.0696. The summed E-state index contributed by atoms with van der Waals surface area (Å²) in [7, 11) is 0. The van der Waals surface area contributed by atoms with Gasteiger partial charge in [-0.2, -0.15) is 10.2 Å². The lowest BCUT2D eigenvalue weighted by atomic mass is 10.1. The lowest BCUT2D eigenvalue weighted by Gasteiger charge is -2.26. The first-order valence-corrected chi connectivity index (χ1v) is 9.04. The predicted molar refractivity (Wildman–Crippen MR) is 99.3 cm³/mol. The van der Waals surface area contributed by atoms with Crippen LogP contribution in [0.1, 0.15) is 34.6 Å². The van der Waals surface area contributed by atoms with Crippen LogP contribution >= 0.6 is 0 Å². The number of carbonyl (C=O) groups is 1. The normalized spacial score (nSPS) is 17.0. The topological polar surface area (TPSA) is 56.0 Å². The fourth-order valence-corrected chi connectivity index (χ4v) is 3.77. The molecule has 1 aliphatic rings. The van der Waals surface area contributed by atoms with Crippen molar-refractivity contribution in [2.75, 3.05) is 6.54 Å². The Morgan fingerprint density at radius 1 is 1.23 bits per heavy atom. The minimum Gasteiger partial charge on any atom is -0.334 e. The van der Waals surface area contributed by atoms with Gasteiger partial charge in [-0.25, -0.2) is 4.68 Å². The van der Waals surface area contributed by atoms with Crippen molar-refractivity contribution in [3.63, 3.8) is 0 Å². The summed E-state index contributed by atoms with van der Waals surface area (Å²) < 4.78 is 3.77. The number of benzene rings is 1. The molecule has 2 aromatic heterocycles. The summed E-state index contributed by atoms with van der Waals surface area (Å²) in [6.07, 6.45) is 5.62.